The van der Waals surface area contributed by atoms with E-state index < -0.39 is 0 Å². The summed E-state index contributed by atoms with van der Waals surface area (Å²) < 4.78 is 14.0. The normalized spacial score (nSPS) is 12.4. The van der Waals surface area contributed by atoms with E-state index in [0.29, 0.717) is 5.56 Å². The van der Waals surface area contributed by atoms with Crippen LogP contribution in [0.15, 0.2) is 46.7 Å². The van der Waals surface area contributed by atoms with Crippen molar-refractivity contribution in [1.29, 1.82) is 0 Å². The summed E-state index contributed by atoms with van der Waals surface area (Å²) in [4.78, 5) is 9.10. The molecule has 0 aliphatic heterocycles. The standard InChI is InChI=1S/C14H16FN3S/c1-3-17-10(2)14-11(15)5-4-6-12(14)19-13-9-16-7-8-18-13/h4-10,17H,3H2,1-2H3. The van der Waals surface area contributed by atoms with Gasteiger partial charge in [-0.2, -0.15) is 0 Å². The predicted octanol–water partition coefficient (Wildman–Crippen LogP) is 3.44. The van der Waals surface area contributed by atoms with Gasteiger partial charge in [-0.15, -0.1) is 0 Å². The van der Waals surface area contributed by atoms with Gasteiger partial charge >= 0.3 is 0 Å². The summed E-state index contributed by atoms with van der Waals surface area (Å²) in [5.41, 5.74) is 0.681. The fourth-order valence-electron chi connectivity index (χ4n) is 1.89. The first-order valence-electron chi connectivity index (χ1n) is 6.18. The van der Waals surface area contributed by atoms with E-state index in [-0.39, 0.29) is 11.9 Å². The second kappa shape index (κ2) is 6.63. The van der Waals surface area contributed by atoms with Gasteiger partial charge in [0, 0.05) is 28.9 Å². The summed E-state index contributed by atoms with van der Waals surface area (Å²) in [6.07, 6.45) is 4.93. The number of halogens is 1. The second-order valence-corrected chi connectivity index (χ2v) is 5.14. The van der Waals surface area contributed by atoms with Crippen molar-refractivity contribution in [2.45, 2.75) is 29.8 Å². The molecule has 2 aromatic rings. The molecule has 19 heavy (non-hydrogen) atoms. The van der Waals surface area contributed by atoms with Crippen molar-refractivity contribution in [2.24, 2.45) is 0 Å². The number of hydrogen-bond donors (Lipinski definition) is 1. The molecule has 1 heterocycles. The van der Waals surface area contributed by atoms with Gasteiger partial charge in [0.1, 0.15) is 10.8 Å². The maximum Gasteiger partial charge on any atom is 0.129 e. The van der Waals surface area contributed by atoms with E-state index >= 15 is 0 Å². The molecule has 0 radical (unpaired) electrons. The van der Waals surface area contributed by atoms with Crippen LogP contribution < -0.4 is 5.32 Å². The third-order valence-corrected chi connectivity index (χ3v) is 3.71. The van der Waals surface area contributed by atoms with Crippen LogP contribution >= 0.6 is 11.8 Å². The largest absolute Gasteiger partial charge is 0.310 e. The summed E-state index contributed by atoms with van der Waals surface area (Å²) in [6, 6.07) is 5.08. The molecule has 5 heteroatoms. The van der Waals surface area contributed by atoms with E-state index in [1.807, 2.05) is 19.9 Å². The Hall–Kier alpha value is -1.46. The van der Waals surface area contributed by atoms with Crippen molar-refractivity contribution >= 4 is 11.8 Å². The molecule has 100 valence electrons. The van der Waals surface area contributed by atoms with Crippen LogP contribution in [-0.4, -0.2) is 16.5 Å². The molecular weight excluding hydrogens is 261 g/mol. The maximum atomic E-state index is 14.0. The zero-order valence-electron chi connectivity index (χ0n) is 10.9. The lowest BCUT2D eigenvalue weighted by molar-refractivity contribution is 0.531. The van der Waals surface area contributed by atoms with Crippen LogP contribution in [0.25, 0.3) is 0 Å². The molecule has 1 N–H and O–H groups in total. The molecule has 0 saturated carbocycles. The molecule has 1 aromatic heterocycles. The van der Waals surface area contributed by atoms with Crippen LogP contribution in [0.1, 0.15) is 25.5 Å². The molecule has 1 unspecified atom stereocenters. The Kier molecular flexibility index (Phi) is 4.87. The van der Waals surface area contributed by atoms with Crippen LogP contribution in [0.3, 0.4) is 0 Å². The summed E-state index contributed by atoms with van der Waals surface area (Å²) in [6.45, 7) is 4.76. The number of aromatic nitrogens is 2. The number of rotatable bonds is 5. The van der Waals surface area contributed by atoms with Crippen molar-refractivity contribution in [3.63, 3.8) is 0 Å². The number of nitrogens with one attached hydrogen (secondary N) is 1. The molecule has 0 amide bonds. The number of benzene rings is 1. The molecule has 1 atom stereocenters. The van der Waals surface area contributed by atoms with Crippen LogP contribution in [0.4, 0.5) is 4.39 Å². The topological polar surface area (TPSA) is 37.8 Å². The minimum absolute atomic E-state index is 0.0367. The van der Waals surface area contributed by atoms with E-state index in [1.54, 1.807) is 24.7 Å². The maximum absolute atomic E-state index is 14.0. The highest BCUT2D eigenvalue weighted by Gasteiger charge is 2.15. The minimum atomic E-state index is -0.192. The fourth-order valence-corrected chi connectivity index (χ4v) is 2.87. The van der Waals surface area contributed by atoms with Gasteiger partial charge < -0.3 is 5.32 Å². The second-order valence-electron chi connectivity index (χ2n) is 4.08. The highest BCUT2D eigenvalue weighted by atomic mass is 32.2. The van der Waals surface area contributed by atoms with Crippen molar-refractivity contribution in [3.05, 3.63) is 48.2 Å². The predicted molar refractivity (Wildman–Crippen MR) is 74.6 cm³/mol. The summed E-state index contributed by atoms with van der Waals surface area (Å²) >= 11 is 1.43. The van der Waals surface area contributed by atoms with Crippen LogP contribution in [0, 0.1) is 5.82 Å². The van der Waals surface area contributed by atoms with Crippen molar-refractivity contribution in [2.75, 3.05) is 6.54 Å². The van der Waals surface area contributed by atoms with Gasteiger partial charge in [-0.1, -0.05) is 24.8 Å². The van der Waals surface area contributed by atoms with Gasteiger partial charge in [-0.25, -0.2) is 9.37 Å². The molecule has 2 rings (SSSR count). The summed E-state index contributed by atoms with van der Waals surface area (Å²) in [7, 11) is 0. The monoisotopic (exact) mass is 277 g/mol. The SMILES string of the molecule is CCNC(C)c1c(F)cccc1Sc1cnccn1. The molecule has 0 bridgehead atoms. The van der Waals surface area contributed by atoms with Crippen LogP contribution in [0.2, 0.25) is 0 Å². The molecule has 0 spiro atoms. The van der Waals surface area contributed by atoms with Crippen molar-refractivity contribution in [3.8, 4) is 0 Å². The van der Waals surface area contributed by atoms with E-state index in [4.69, 9.17) is 0 Å². The fraction of sp³-hybridized carbons (Fsp3) is 0.286. The van der Waals surface area contributed by atoms with E-state index in [0.717, 1.165) is 16.5 Å². The van der Waals surface area contributed by atoms with Gasteiger partial charge in [-0.05, 0) is 25.6 Å². The Morgan fingerprint density at radius 3 is 2.89 bits per heavy atom. The van der Waals surface area contributed by atoms with Crippen molar-refractivity contribution in [1.82, 2.24) is 15.3 Å². The molecule has 0 saturated heterocycles. The highest BCUT2D eigenvalue weighted by Crippen LogP contribution is 2.33. The first-order chi connectivity index (χ1) is 9.22. The lowest BCUT2D eigenvalue weighted by Gasteiger charge is -2.17. The first-order valence-corrected chi connectivity index (χ1v) is 6.99. The Morgan fingerprint density at radius 1 is 1.37 bits per heavy atom. The van der Waals surface area contributed by atoms with Gasteiger partial charge in [0.25, 0.3) is 0 Å². The lowest BCUT2D eigenvalue weighted by Crippen LogP contribution is -2.19. The Bertz CT molecular complexity index is 533. The lowest BCUT2D eigenvalue weighted by atomic mass is 10.1. The average molecular weight is 277 g/mol. The van der Waals surface area contributed by atoms with Crippen LogP contribution in [0.5, 0.6) is 0 Å². The Balaban J connectivity index is 2.32. The Morgan fingerprint density at radius 2 is 2.21 bits per heavy atom. The van der Waals surface area contributed by atoms with E-state index in [1.165, 1.54) is 17.8 Å². The number of hydrogen-bond acceptors (Lipinski definition) is 4. The zero-order valence-corrected chi connectivity index (χ0v) is 11.7. The Labute approximate surface area is 116 Å². The third kappa shape index (κ3) is 3.52. The molecule has 0 fully saturated rings. The summed E-state index contributed by atoms with van der Waals surface area (Å²) in [5, 5.41) is 4.00. The smallest absolute Gasteiger partial charge is 0.129 e. The molecule has 0 aliphatic carbocycles. The minimum Gasteiger partial charge on any atom is -0.310 e. The van der Waals surface area contributed by atoms with Gasteiger partial charge in [0.15, 0.2) is 0 Å². The van der Waals surface area contributed by atoms with Crippen molar-refractivity contribution < 1.29 is 4.39 Å². The molecular formula is C14H16FN3S. The van der Waals surface area contributed by atoms with E-state index in [2.05, 4.69) is 15.3 Å². The number of nitrogens with zero attached hydrogens (tertiary/aromatic N) is 2. The first kappa shape index (κ1) is 14.0. The van der Waals surface area contributed by atoms with Gasteiger partial charge in [0.2, 0.25) is 0 Å². The van der Waals surface area contributed by atoms with Gasteiger partial charge in [0.05, 0.1) is 6.20 Å². The molecule has 3 nitrogen and oxygen atoms in total. The molecule has 1 aromatic carbocycles. The average Bonchev–Trinajstić information content (AvgIpc) is 2.40. The van der Waals surface area contributed by atoms with E-state index in [9.17, 15) is 4.39 Å². The highest BCUT2D eigenvalue weighted by molar-refractivity contribution is 7.99. The quantitative estimate of drug-likeness (QED) is 0.908. The molecule has 0 aliphatic rings. The van der Waals surface area contributed by atoms with Gasteiger partial charge in [-0.3, -0.25) is 4.98 Å². The third-order valence-electron chi connectivity index (χ3n) is 2.71. The summed E-state index contributed by atoms with van der Waals surface area (Å²) in [5.74, 6) is -0.192. The zero-order chi connectivity index (χ0) is 13.7. The van der Waals surface area contributed by atoms with Crippen LogP contribution in [-0.2, 0) is 0 Å².